The Morgan fingerprint density at radius 2 is 1.47 bits per heavy atom. The number of benzene rings is 3. The first-order chi connectivity index (χ1) is 14.5. The summed E-state index contributed by atoms with van der Waals surface area (Å²) in [5.74, 6) is 0. The molecule has 2 fully saturated rings. The van der Waals surface area contributed by atoms with Crippen molar-refractivity contribution in [3.63, 3.8) is 0 Å². The van der Waals surface area contributed by atoms with Gasteiger partial charge in [0.15, 0.2) is 0 Å². The topological polar surface area (TPSA) is 9.23 Å². The van der Waals surface area contributed by atoms with Gasteiger partial charge in [0.25, 0.3) is 0 Å². The Balaban J connectivity index is 1.60. The summed E-state index contributed by atoms with van der Waals surface area (Å²) in [6, 6.07) is 25.4. The van der Waals surface area contributed by atoms with Gasteiger partial charge in [0.1, 0.15) is 0 Å². The van der Waals surface area contributed by atoms with Crippen LogP contribution in [0.25, 0.3) is 6.08 Å². The molecule has 1 saturated carbocycles. The zero-order chi connectivity index (χ0) is 20.8. The fourth-order valence-electron chi connectivity index (χ4n) is 5.12. The molecule has 0 aromatic heterocycles. The van der Waals surface area contributed by atoms with Crippen LogP contribution in [-0.2, 0) is 10.2 Å². The van der Waals surface area contributed by atoms with Crippen LogP contribution in [-0.4, -0.2) is 6.61 Å². The summed E-state index contributed by atoms with van der Waals surface area (Å²) in [5, 5.41) is 0.772. The van der Waals surface area contributed by atoms with E-state index in [4.69, 9.17) is 16.3 Å². The summed E-state index contributed by atoms with van der Waals surface area (Å²) in [5.41, 5.74) is 3.64. The van der Waals surface area contributed by atoms with Crippen molar-refractivity contribution in [2.75, 3.05) is 6.61 Å². The van der Waals surface area contributed by atoms with Gasteiger partial charge in [0, 0.05) is 24.8 Å². The van der Waals surface area contributed by atoms with E-state index in [-0.39, 0.29) is 16.9 Å². The summed E-state index contributed by atoms with van der Waals surface area (Å²) < 4.78 is 8.73. The second kappa shape index (κ2) is 7.94. The van der Waals surface area contributed by atoms with Gasteiger partial charge in [-0.3, -0.25) is 0 Å². The van der Waals surface area contributed by atoms with Crippen molar-refractivity contribution in [2.45, 2.75) is 24.4 Å². The number of fused-ring (bicyclic) bond motifs is 1. The van der Waals surface area contributed by atoms with Gasteiger partial charge in [-0.05, 0) is 65.9 Å². The maximum absolute atomic E-state index is 6.56. The van der Waals surface area contributed by atoms with E-state index in [1.807, 2.05) is 12.1 Å². The summed E-state index contributed by atoms with van der Waals surface area (Å²) in [7, 11) is 0. The summed E-state index contributed by atoms with van der Waals surface area (Å²) >= 11 is 13.3. The first-order valence-electron chi connectivity index (χ1n) is 10.1. The Kier molecular flexibility index (Phi) is 5.43. The summed E-state index contributed by atoms with van der Waals surface area (Å²) in [4.78, 5) is 0. The lowest BCUT2D eigenvalue weighted by atomic mass is 9.46. The number of halogens is 3. The highest BCUT2D eigenvalue weighted by atomic mass is 79.9. The van der Waals surface area contributed by atoms with Gasteiger partial charge in [-0.2, -0.15) is 0 Å². The highest BCUT2D eigenvalue weighted by Gasteiger charge is 2.67. The fraction of sp³-hybridized carbons (Fsp3) is 0.231. The molecule has 3 atom stereocenters. The highest BCUT2D eigenvalue weighted by molar-refractivity contribution is 9.10. The van der Waals surface area contributed by atoms with Crippen LogP contribution in [0.5, 0.6) is 0 Å². The molecule has 5 rings (SSSR count). The molecule has 1 saturated heterocycles. The molecule has 1 heterocycles. The van der Waals surface area contributed by atoms with Crippen molar-refractivity contribution < 1.29 is 4.74 Å². The van der Waals surface area contributed by atoms with Crippen molar-refractivity contribution >= 4 is 49.5 Å². The maximum Gasteiger partial charge on any atom is 0.0925 e. The zero-order valence-electron chi connectivity index (χ0n) is 16.3. The van der Waals surface area contributed by atoms with E-state index in [1.54, 1.807) is 0 Å². The molecule has 0 unspecified atom stereocenters. The first kappa shape index (κ1) is 20.5. The molecule has 0 radical (unpaired) electrons. The van der Waals surface area contributed by atoms with E-state index >= 15 is 0 Å². The van der Waals surface area contributed by atoms with Crippen molar-refractivity contribution in [3.05, 3.63) is 110 Å². The quantitative estimate of drug-likeness (QED) is 0.321. The van der Waals surface area contributed by atoms with E-state index in [2.05, 4.69) is 105 Å². The van der Waals surface area contributed by atoms with E-state index in [0.717, 1.165) is 33.4 Å². The van der Waals surface area contributed by atoms with Crippen molar-refractivity contribution in [1.82, 2.24) is 0 Å². The monoisotopic (exact) mass is 542 g/mol. The van der Waals surface area contributed by atoms with Crippen LogP contribution in [0.1, 0.15) is 35.6 Å². The highest BCUT2D eigenvalue weighted by Crippen LogP contribution is 2.69. The Morgan fingerprint density at radius 1 is 0.833 bits per heavy atom. The lowest BCUT2D eigenvalue weighted by molar-refractivity contribution is 0.0333. The van der Waals surface area contributed by atoms with Crippen LogP contribution in [0, 0.1) is 5.41 Å². The van der Waals surface area contributed by atoms with E-state index < -0.39 is 0 Å². The predicted molar refractivity (Wildman–Crippen MR) is 131 cm³/mol. The van der Waals surface area contributed by atoms with Crippen LogP contribution in [0.15, 0.2) is 87.8 Å². The largest absolute Gasteiger partial charge is 0.372 e. The van der Waals surface area contributed by atoms with Crippen LogP contribution >= 0.6 is 43.5 Å². The van der Waals surface area contributed by atoms with Gasteiger partial charge in [0.2, 0.25) is 0 Å². The molecule has 0 N–H and O–H groups in total. The number of rotatable bonds is 4. The third kappa shape index (κ3) is 3.31. The van der Waals surface area contributed by atoms with Crippen molar-refractivity contribution in [1.29, 1.82) is 0 Å². The maximum atomic E-state index is 6.56. The van der Waals surface area contributed by atoms with Crippen molar-refractivity contribution in [2.24, 2.45) is 5.41 Å². The lowest BCUT2D eigenvalue weighted by Crippen LogP contribution is -2.53. The number of ether oxygens (including phenoxy) is 1. The van der Waals surface area contributed by atoms with Gasteiger partial charge in [-0.25, -0.2) is 0 Å². The molecule has 4 heteroatoms. The lowest BCUT2D eigenvalue weighted by Gasteiger charge is -2.55. The van der Waals surface area contributed by atoms with Crippen LogP contribution in [0.3, 0.4) is 0 Å². The number of hydrogen-bond donors (Lipinski definition) is 0. The van der Waals surface area contributed by atoms with Gasteiger partial charge >= 0.3 is 0 Å². The van der Waals surface area contributed by atoms with E-state index in [1.165, 1.54) is 16.7 Å². The molecule has 3 aromatic carbocycles. The van der Waals surface area contributed by atoms with Crippen LogP contribution in [0.4, 0.5) is 0 Å². The molecule has 0 spiro atoms. The molecule has 152 valence electrons. The minimum Gasteiger partial charge on any atom is -0.372 e. The predicted octanol–water partition coefficient (Wildman–Crippen LogP) is 8.37. The summed E-state index contributed by atoms with van der Waals surface area (Å²) in [6.07, 6.45) is 6.92. The fourth-order valence-corrected chi connectivity index (χ4v) is 5.78. The zero-order valence-corrected chi connectivity index (χ0v) is 20.3. The van der Waals surface area contributed by atoms with Gasteiger partial charge in [-0.15, -0.1) is 0 Å². The van der Waals surface area contributed by atoms with Gasteiger partial charge in [0.05, 0.1) is 12.7 Å². The smallest absolute Gasteiger partial charge is 0.0925 e. The molecule has 30 heavy (non-hydrogen) atoms. The second-order valence-electron chi connectivity index (χ2n) is 8.26. The van der Waals surface area contributed by atoms with Crippen LogP contribution in [0.2, 0.25) is 5.02 Å². The average Bonchev–Trinajstić information content (AvgIpc) is 2.96. The first-order valence-corrected chi connectivity index (χ1v) is 12.1. The standard InChI is InChI=1S/C26H21Br2ClO/c27-21-7-1-18(2-8-21)13-14-25-15-16-26(25,20-5-11-23(29)12-6-20)17-30-24(25)19-3-9-22(28)10-4-19/h1-14,24H,15-17H2/b14-13+/t24-,25+,26-/m1/s1. The Hall–Kier alpha value is -1.39. The molecule has 1 nitrogen and oxygen atoms in total. The Bertz CT molecular complexity index is 1080. The Morgan fingerprint density at radius 3 is 2.07 bits per heavy atom. The molecule has 0 amide bonds. The summed E-state index contributed by atoms with van der Waals surface area (Å²) in [6.45, 7) is 0.722. The SMILES string of the molecule is Clc1ccc([C@]23CC[C@@]2(/C=C/c2ccc(Br)cc2)[C@@H](c2ccc(Br)cc2)OC3)cc1. The normalized spacial score (nSPS) is 27.8. The number of hydrogen-bond acceptors (Lipinski definition) is 1. The molecule has 1 aliphatic carbocycles. The van der Waals surface area contributed by atoms with Crippen molar-refractivity contribution in [3.8, 4) is 0 Å². The molecule has 1 aliphatic heterocycles. The van der Waals surface area contributed by atoms with E-state index in [9.17, 15) is 0 Å². The third-order valence-corrected chi connectivity index (χ3v) is 8.14. The molecule has 2 aliphatic rings. The molecule has 3 aromatic rings. The van der Waals surface area contributed by atoms with E-state index in [0.29, 0.717) is 0 Å². The molecule has 0 bridgehead atoms. The second-order valence-corrected chi connectivity index (χ2v) is 10.5. The average molecular weight is 545 g/mol. The molecular weight excluding hydrogens is 524 g/mol. The minimum atomic E-state index is -0.0816. The van der Waals surface area contributed by atoms with Gasteiger partial charge < -0.3 is 4.74 Å². The Labute approximate surface area is 199 Å². The third-order valence-electron chi connectivity index (χ3n) is 6.83. The minimum absolute atomic E-state index is 0.0266. The van der Waals surface area contributed by atoms with Gasteiger partial charge in [-0.1, -0.05) is 92.0 Å². The molecular formula is C26H21Br2ClO. The van der Waals surface area contributed by atoms with Crippen LogP contribution < -0.4 is 0 Å².